The predicted molar refractivity (Wildman–Crippen MR) is 54.1 cm³/mol. The van der Waals surface area contributed by atoms with Crippen LogP contribution in [0.5, 0.6) is 0 Å². The van der Waals surface area contributed by atoms with Crippen LogP contribution >= 0.6 is 0 Å². The van der Waals surface area contributed by atoms with Gasteiger partial charge in [0.15, 0.2) is 5.78 Å². The molecule has 0 aliphatic rings. The standard InChI is InChI=1S/C11H15NO2/c1-2-5-9(13)8-11(14)10-6-3-4-7-12-10/h3-4,6-7,9,13H,2,5,8H2,1H3. The monoisotopic (exact) mass is 193 g/mol. The Morgan fingerprint density at radius 3 is 2.93 bits per heavy atom. The minimum atomic E-state index is -0.533. The third kappa shape index (κ3) is 3.26. The number of hydrogen-bond donors (Lipinski definition) is 1. The van der Waals surface area contributed by atoms with Gasteiger partial charge in [0.2, 0.25) is 0 Å². The highest BCUT2D eigenvalue weighted by atomic mass is 16.3. The first kappa shape index (κ1) is 10.9. The number of aliphatic hydroxyl groups excluding tert-OH is 1. The molecular formula is C11H15NO2. The summed E-state index contributed by atoms with van der Waals surface area (Å²) in [6.45, 7) is 1.98. The van der Waals surface area contributed by atoms with Crippen molar-refractivity contribution >= 4 is 5.78 Å². The van der Waals surface area contributed by atoms with E-state index in [0.717, 1.165) is 6.42 Å². The molecule has 0 saturated carbocycles. The molecule has 1 aromatic heterocycles. The van der Waals surface area contributed by atoms with E-state index < -0.39 is 6.10 Å². The highest BCUT2D eigenvalue weighted by molar-refractivity contribution is 5.94. The maximum absolute atomic E-state index is 11.5. The molecule has 1 heterocycles. The molecule has 3 heteroatoms. The Kier molecular flexibility index (Phi) is 4.26. The van der Waals surface area contributed by atoms with Gasteiger partial charge < -0.3 is 5.11 Å². The van der Waals surface area contributed by atoms with E-state index in [1.807, 2.05) is 6.92 Å². The fourth-order valence-electron chi connectivity index (χ4n) is 1.28. The van der Waals surface area contributed by atoms with Crippen LogP contribution in [0.15, 0.2) is 24.4 Å². The van der Waals surface area contributed by atoms with Crippen LogP contribution in [0.1, 0.15) is 36.7 Å². The van der Waals surface area contributed by atoms with Crippen LogP contribution in [0.3, 0.4) is 0 Å². The second kappa shape index (κ2) is 5.50. The van der Waals surface area contributed by atoms with Gasteiger partial charge in [-0.15, -0.1) is 0 Å². The fraction of sp³-hybridized carbons (Fsp3) is 0.455. The second-order valence-electron chi connectivity index (χ2n) is 3.28. The quantitative estimate of drug-likeness (QED) is 0.725. The average Bonchev–Trinajstić information content (AvgIpc) is 2.19. The highest BCUT2D eigenvalue weighted by Gasteiger charge is 2.12. The molecule has 1 atom stereocenters. The lowest BCUT2D eigenvalue weighted by atomic mass is 10.1. The van der Waals surface area contributed by atoms with Gasteiger partial charge in [-0.05, 0) is 18.6 Å². The number of rotatable bonds is 5. The van der Waals surface area contributed by atoms with E-state index >= 15 is 0 Å². The first-order valence-electron chi connectivity index (χ1n) is 4.86. The van der Waals surface area contributed by atoms with Gasteiger partial charge >= 0.3 is 0 Å². The molecule has 0 aromatic carbocycles. The minimum Gasteiger partial charge on any atom is -0.393 e. The van der Waals surface area contributed by atoms with Crippen LogP contribution in [-0.4, -0.2) is 22.0 Å². The predicted octanol–water partition coefficient (Wildman–Crippen LogP) is 1.82. The lowest BCUT2D eigenvalue weighted by Crippen LogP contribution is -2.14. The second-order valence-corrected chi connectivity index (χ2v) is 3.28. The molecule has 0 amide bonds. The van der Waals surface area contributed by atoms with Crippen LogP contribution in [0.4, 0.5) is 0 Å². The Hall–Kier alpha value is -1.22. The van der Waals surface area contributed by atoms with Crippen LogP contribution < -0.4 is 0 Å². The summed E-state index contributed by atoms with van der Waals surface area (Å²) in [6, 6.07) is 5.20. The summed E-state index contributed by atoms with van der Waals surface area (Å²) in [7, 11) is 0. The Labute approximate surface area is 83.8 Å². The molecular weight excluding hydrogens is 178 g/mol. The molecule has 0 fully saturated rings. The lowest BCUT2D eigenvalue weighted by molar-refractivity contribution is 0.0862. The van der Waals surface area contributed by atoms with E-state index in [2.05, 4.69) is 4.98 Å². The largest absolute Gasteiger partial charge is 0.393 e. The van der Waals surface area contributed by atoms with Crippen molar-refractivity contribution in [3.8, 4) is 0 Å². The zero-order valence-corrected chi connectivity index (χ0v) is 8.31. The van der Waals surface area contributed by atoms with Crippen molar-refractivity contribution in [1.29, 1.82) is 0 Å². The van der Waals surface area contributed by atoms with Gasteiger partial charge in [-0.2, -0.15) is 0 Å². The van der Waals surface area contributed by atoms with Gasteiger partial charge in [0.25, 0.3) is 0 Å². The van der Waals surface area contributed by atoms with Gasteiger partial charge in [-0.25, -0.2) is 0 Å². The number of aliphatic hydroxyl groups is 1. The Balaban J connectivity index is 2.51. The smallest absolute Gasteiger partial charge is 0.183 e. The summed E-state index contributed by atoms with van der Waals surface area (Å²) in [4.78, 5) is 15.4. The number of carbonyl (C=O) groups excluding carboxylic acids is 1. The fourth-order valence-corrected chi connectivity index (χ4v) is 1.28. The molecule has 14 heavy (non-hydrogen) atoms. The van der Waals surface area contributed by atoms with Gasteiger partial charge in [0, 0.05) is 12.6 Å². The van der Waals surface area contributed by atoms with Crippen molar-refractivity contribution in [3.05, 3.63) is 30.1 Å². The first-order valence-corrected chi connectivity index (χ1v) is 4.86. The summed E-state index contributed by atoms with van der Waals surface area (Å²) in [6.07, 6.45) is 2.77. The van der Waals surface area contributed by atoms with E-state index in [1.165, 1.54) is 0 Å². The van der Waals surface area contributed by atoms with Crippen LogP contribution in [0.25, 0.3) is 0 Å². The van der Waals surface area contributed by atoms with Crippen molar-refractivity contribution in [1.82, 2.24) is 4.98 Å². The van der Waals surface area contributed by atoms with Crippen molar-refractivity contribution in [2.24, 2.45) is 0 Å². The number of nitrogens with zero attached hydrogens (tertiary/aromatic N) is 1. The Morgan fingerprint density at radius 2 is 2.36 bits per heavy atom. The number of aromatic nitrogens is 1. The summed E-state index contributed by atoms with van der Waals surface area (Å²) >= 11 is 0. The van der Waals surface area contributed by atoms with E-state index in [-0.39, 0.29) is 12.2 Å². The maximum Gasteiger partial charge on any atom is 0.183 e. The van der Waals surface area contributed by atoms with Gasteiger partial charge in [-0.3, -0.25) is 9.78 Å². The molecule has 1 unspecified atom stereocenters. The van der Waals surface area contributed by atoms with Crippen LogP contribution in [0, 0.1) is 0 Å². The van der Waals surface area contributed by atoms with Crippen molar-refractivity contribution in [2.45, 2.75) is 32.3 Å². The summed E-state index contributed by atoms with van der Waals surface area (Å²) < 4.78 is 0. The summed E-state index contributed by atoms with van der Waals surface area (Å²) in [5.41, 5.74) is 0.433. The molecule has 0 aliphatic heterocycles. The number of ketones is 1. The average molecular weight is 193 g/mol. The molecule has 3 nitrogen and oxygen atoms in total. The highest BCUT2D eigenvalue weighted by Crippen LogP contribution is 2.06. The number of Topliss-reactive ketones (excluding diaryl/α,β-unsaturated/α-hetero) is 1. The zero-order valence-electron chi connectivity index (χ0n) is 8.31. The van der Waals surface area contributed by atoms with Crippen molar-refractivity contribution in [2.75, 3.05) is 0 Å². The third-order valence-corrected chi connectivity index (χ3v) is 1.99. The molecule has 0 aliphatic carbocycles. The van der Waals surface area contributed by atoms with Crippen molar-refractivity contribution in [3.63, 3.8) is 0 Å². The first-order chi connectivity index (χ1) is 6.74. The van der Waals surface area contributed by atoms with Gasteiger partial charge in [0.1, 0.15) is 5.69 Å². The van der Waals surface area contributed by atoms with E-state index in [9.17, 15) is 9.90 Å². The normalized spacial score (nSPS) is 12.4. The van der Waals surface area contributed by atoms with Crippen molar-refractivity contribution < 1.29 is 9.90 Å². The zero-order chi connectivity index (χ0) is 10.4. The molecule has 0 saturated heterocycles. The third-order valence-electron chi connectivity index (χ3n) is 1.99. The summed E-state index contributed by atoms with van der Waals surface area (Å²) in [5.74, 6) is -0.0912. The Morgan fingerprint density at radius 1 is 1.57 bits per heavy atom. The number of carbonyl (C=O) groups is 1. The number of pyridine rings is 1. The van der Waals surface area contributed by atoms with E-state index in [4.69, 9.17) is 0 Å². The molecule has 76 valence electrons. The molecule has 0 bridgehead atoms. The molecule has 1 aromatic rings. The maximum atomic E-state index is 11.5. The van der Waals surface area contributed by atoms with Crippen LogP contribution in [-0.2, 0) is 0 Å². The summed E-state index contributed by atoms with van der Waals surface area (Å²) in [5, 5.41) is 9.43. The van der Waals surface area contributed by atoms with Gasteiger partial charge in [-0.1, -0.05) is 19.4 Å². The minimum absolute atomic E-state index is 0.0912. The van der Waals surface area contributed by atoms with E-state index in [0.29, 0.717) is 12.1 Å². The van der Waals surface area contributed by atoms with Gasteiger partial charge in [0.05, 0.1) is 6.10 Å². The molecule has 1 rings (SSSR count). The molecule has 0 spiro atoms. The van der Waals surface area contributed by atoms with E-state index in [1.54, 1.807) is 24.4 Å². The van der Waals surface area contributed by atoms with Crippen LogP contribution in [0.2, 0.25) is 0 Å². The SMILES string of the molecule is CCCC(O)CC(=O)c1ccccn1. The lowest BCUT2D eigenvalue weighted by Gasteiger charge is -2.06. The molecule has 0 radical (unpaired) electrons. The Bertz CT molecular complexity index is 285. The molecule has 1 N–H and O–H groups in total. The topological polar surface area (TPSA) is 50.2 Å². The number of hydrogen-bond acceptors (Lipinski definition) is 3.